The summed E-state index contributed by atoms with van der Waals surface area (Å²) in [4.78, 5) is 0. The van der Waals surface area contributed by atoms with Crippen molar-refractivity contribution in [3.8, 4) is 0 Å². The third-order valence-electron chi connectivity index (χ3n) is 9.38. The van der Waals surface area contributed by atoms with Gasteiger partial charge in [-0.2, -0.15) is 0 Å². The summed E-state index contributed by atoms with van der Waals surface area (Å²) >= 11 is 0. The van der Waals surface area contributed by atoms with E-state index in [1.807, 2.05) is 0 Å². The van der Waals surface area contributed by atoms with Crippen molar-refractivity contribution in [2.24, 2.45) is 32.5 Å². The van der Waals surface area contributed by atoms with E-state index in [-0.39, 0.29) is 4.70 Å². The maximum atomic E-state index is 2.48. The van der Waals surface area contributed by atoms with Gasteiger partial charge >= 0.3 is 0 Å². The summed E-state index contributed by atoms with van der Waals surface area (Å²) in [5.41, 5.74) is 1.76. The highest BCUT2D eigenvalue weighted by Gasteiger charge is 2.71. The average Bonchev–Trinajstić information content (AvgIpc) is 2.14. The minimum absolute atomic E-state index is 0. The Labute approximate surface area is 121 Å². The molecular weight excluding hydrogens is 235 g/mol. The first-order chi connectivity index (χ1) is 7.50. The molecule has 0 bridgehead atoms. The molecule has 0 nitrogen and oxygen atoms in total. The van der Waals surface area contributed by atoms with E-state index in [0.717, 1.165) is 0 Å². The molecule has 0 heterocycles. The van der Waals surface area contributed by atoms with E-state index >= 15 is 0 Å². The summed E-state index contributed by atoms with van der Waals surface area (Å²) in [5.74, 6) is 0. The molecule has 1 aliphatic carbocycles. The van der Waals surface area contributed by atoms with E-state index in [0.29, 0.717) is 32.5 Å². The summed E-state index contributed by atoms with van der Waals surface area (Å²) in [7, 11) is 0. The monoisotopic (exact) mass is 272 g/mol. The van der Waals surface area contributed by atoms with Crippen LogP contribution >= 0.6 is 0 Å². The van der Waals surface area contributed by atoms with E-state index in [2.05, 4.69) is 83.1 Å². The Morgan fingerprint density at radius 1 is 0.263 bits per heavy atom. The molecule has 0 N–H and O–H groups in total. The van der Waals surface area contributed by atoms with Crippen LogP contribution in [0.3, 0.4) is 0 Å². The Morgan fingerprint density at radius 3 is 0.368 bits per heavy atom. The average molecular weight is 272 g/mol. The third-order valence-corrected chi connectivity index (χ3v) is 9.38. The molecule has 0 amide bonds. The van der Waals surface area contributed by atoms with E-state index < -0.39 is 0 Å². The first-order valence-corrected chi connectivity index (χ1v) is 7.50. The van der Waals surface area contributed by atoms with E-state index in [4.69, 9.17) is 0 Å². The summed E-state index contributed by atoms with van der Waals surface area (Å²) < 4.78 is 0. The largest absolute Gasteiger partial charge is 0.269 e. The van der Waals surface area contributed by atoms with Gasteiger partial charge in [-0.3, -0.25) is 4.70 Å². The minimum Gasteiger partial charge on any atom is -0.269 e. The second-order valence-electron chi connectivity index (χ2n) is 9.75. The molecule has 1 rings (SSSR count). The molecule has 0 aromatic heterocycles. The summed E-state index contributed by atoms with van der Waals surface area (Å²) in [6.45, 7) is 29.7. The molecule has 1 fully saturated rings. The van der Waals surface area contributed by atoms with Crippen LogP contribution in [0.15, 0.2) is 0 Å². The first-order valence-electron chi connectivity index (χ1n) is 7.50. The number of halogens is 1. The van der Waals surface area contributed by atoms with Gasteiger partial charge in [-0.25, -0.2) is 0 Å². The molecule has 0 radical (unpaired) electrons. The minimum atomic E-state index is 0. The van der Waals surface area contributed by atoms with Crippen molar-refractivity contribution in [2.75, 3.05) is 0 Å². The van der Waals surface area contributed by atoms with Crippen molar-refractivity contribution in [3.05, 3.63) is 0 Å². The van der Waals surface area contributed by atoms with Crippen LogP contribution < -0.4 is 0 Å². The van der Waals surface area contributed by atoms with Crippen LogP contribution in [-0.4, -0.2) is 0 Å². The SMILES string of the molecule is CC1(C)C(C)(C)C(C)(C)C(C)(C)C(C)(C)C1(C)C.F. The van der Waals surface area contributed by atoms with Crippen molar-refractivity contribution in [2.45, 2.75) is 83.1 Å². The van der Waals surface area contributed by atoms with Crippen molar-refractivity contribution < 1.29 is 4.70 Å². The quantitative estimate of drug-likeness (QED) is 0.484. The third kappa shape index (κ3) is 1.56. The van der Waals surface area contributed by atoms with Crippen LogP contribution in [0.25, 0.3) is 0 Å². The molecule has 0 saturated heterocycles. The van der Waals surface area contributed by atoms with Crippen LogP contribution in [0.2, 0.25) is 0 Å². The van der Waals surface area contributed by atoms with Crippen LogP contribution in [0.1, 0.15) is 83.1 Å². The number of hydrogen-bond acceptors (Lipinski definition) is 0. The van der Waals surface area contributed by atoms with Gasteiger partial charge in [-0.15, -0.1) is 0 Å². The van der Waals surface area contributed by atoms with Crippen molar-refractivity contribution in [1.29, 1.82) is 0 Å². The van der Waals surface area contributed by atoms with Crippen LogP contribution in [0.4, 0.5) is 4.70 Å². The predicted molar refractivity (Wildman–Crippen MR) is 85.2 cm³/mol. The Hall–Kier alpha value is -0.0700. The molecule has 0 aliphatic heterocycles. The lowest BCUT2D eigenvalue weighted by Crippen LogP contribution is -2.70. The van der Waals surface area contributed by atoms with Crippen LogP contribution in [0, 0.1) is 32.5 Å². The normalized spacial score (nSPS) is 32.2. The van der Waals surface area contributed by atoms with Crippen LogP contribution in [0.5, 0.6) is 0 Å². The van der Waals surface area contributed by atoms with Gasteiger partial charge in [0.05, 0.1) is 0 Å². The van der Waals surface area contributed by atoms with Gasteiger partial charge in [0, 0.05) is 0 Å². The molecule has 0 aromatic carbocycles. The lowest BCUT2D eigenvalue weighted by molar-refractivity contribution is -0.283. The second kappa shape index (κ2) is 3.98. The molecule has 0 unspecified atom stereocenters. The van der Waals surface area contributed by atoms with Gasteiger partial charge in [0.25, 0.3) is 0 Å². The lowest BCUT2D eigenvalue weighted by Gasteiger charge is -2.76. The van der Waals surface area contributed by atoms with Crippen molar-refractivity contribution >= 4 is 0 Å². The standard InChI is InChI=1S/C18H36.FH/c1-13(2)14(3,4)16(7,8)18(11,12)17(9,10)15(13,5)6;/h1-12H3;1H. The first kappa shape index (κ1) is 18.9. The van der Waals surface area contributed by atoms with Gasteiger partial charge in [0.2, 0.25) is 0 Å². The molecule has 0 aromatic rings. The number of hydrogen-bond donors (Lipinski definition) is 0. The molecule has 1 aliphatic rings. The van der Waals surface area contributed by atoms with E-state index in [1.54, 1.807) is 0 Å². The van der Waals surface area contributed by atoms with Gasteiger partial charge in [0.15, 0.2) is 0 Å². The number of rotatable bonds is 0. The Balaban J connectivity index is 0.00000324. The highest BCUT2D eigenvalue weighted by molar-refractivity contribution is 5.19. The molecule has 1 saturated carbocycles. The fraction of sp³-hybridized carbons (Fsp3) is 1.00. The van der Waals surface area contributed by atoms with Crippen molar-refractivity contribution in [3.63, 3.8) is 0 Å². The second-order valence-corrected chi connectivity index (χ2v) is 9.75. The zero-order chi connectivity index (χ0) is 15.0. The lowest BCUT2D eigenvalue weighted by atomic mass is 9.28. The Bertz CT molecular complexity index is 237. The Morgan fingerprint density at radius 2 is 0.316 bits per heavy atom. The zero-order valence-electron chi connectivity index (χ0n) is 15.4. The summed E-state index contributed by atoms with van der Waals surface area (Å²) in [5, 5.41) is 0. The Kier molecular flexibility index (Phi) is 3.97. The summed E-state index contributed by atoms with van der Waals surface area (Å²) in [6.07, 6.45) is 0. The maximum Gasteiger partial charge on any atom is -0.0241 e. The zero-order valence-corrected chi connectivity index (χ0v) is 15.4. The molecule has 0 atom stereocenters. The van der Waals surface area contributed by atoms with Crippen LogP contribution in [-0.2, 0) is 0 Å². The smallest absolute Gasteiger partial charge is 0.0241 e. The molecule has 19 heavy (non-hydrogen) atoms. The fourth-order valence-corrected chi connectivity index (χ4v) is 4.69. The highest BCUT2D eigenvalue weighted by atomic mass is 19.0. The summed E-state index contributed by atoms with van der Waals surface area (Å²) in [6, 6.07) is 0. The maximum absolute atomic E-state index is 2.48. The molecule has 116 valence electrons. The fourth-order valence-electron chi connectivity index (χ4n) is 4.69. The molecular formula is C18H37F. The predicted octanol–water partition coefficient (Wildman–Crippen LogP) is 6.31. The van der Waals surface area contributed by atoms with Gasteiger partial charge in [0.1, 0.15) is 0 Å². The van der Waals surface area contributed by atoms with Gasteiger partial charge in [-0.1, -0.05) is 83.1 Å². The van der Waals surface area contributed by atoms with Gasteiger partial charge < -0.3 is 0 Å². The molecule has 1 heteroatoms. The van der Waals surface area contributed by atoms with Gasteiger partial charge in [-0.05, 0) is 32.5 Å². The topological polar surface area (TPSA) is 0 Å². The van der Waals surface area contributed by atoms with E-state index in [1.165, 1.54) is 0 Å². The molecule has 0 spiro atoms. The highest BCUT2D eigenvalue weighted by Crippen LogP contribution is 2.77. The van der Waals surface area contributed by atoms with E-state index in [9.17, 15) is 0 Å². The van der Waals surface area contributed by atoms with Crippen molar-refractivity contribution in [1.82, 2.24) is 0 Å².